The van der Waals surface area contributed by atoms with Crippen LogP contribution in [0.1, 0.15) is 45.7 Å². The van der Waals surface area contributed by atoms with Gasteiger partial charge in [0, 0.05) is 14.0 Å². The topological polar surface area (TPSA) is 123 Å². The molecule has 0 unspecified atom stereocenters. The molecule has 2 aromatic rings. The number of benzene rings is 1. The van der Waals surface area contributed by atoms with Crippen LogP contribution < -0.4 is 15.4 Å². The van der Waals surface area contributed by atoms with Crippen LogP contribution in [0.2, 0.25) is 0 Å². The highest BCUT2D eigenvalue weighted by Gasteiger charge is 2.35. The van der Waals surface area contributed by atoms with Crippen molar-refractivity contribution < 1.29 is 16.4 Å². The van der Waals surface area contributed by atoms with E-state index in [-0.39, 0.29) is 24.7 Å². The van der Waals surface area contributed by atoms with E-state index >= 15 is 0 Å². The summed E-state index contributed by atoms with van der Waals surface area (Å²) in [6.07, 6.45) is 4.24. The van der Waals surface area contributed by atoms with Gasteiger partial charge in [-0.2, -0.15) is 10.2 Å². The van der Waals surface area contributed by atoms with Gasteiger partial charge in [-0.15, -0.1) is 0 Å². The summed E-state index contributed by atoms with van der Waals surface area (Å²) in [5.74, 6) is 1.50. The first-order valence-corrected chi connectivity index (χ1v) is 10.1. The SMILES string of the molecule is COc1cc(CCNc2ncc(C#N)c(N[C@@H]3CC[C@H](O)C(C)(C)C3)n2)ccc1O.[HH]. The Labute approximate surface area is 178 Å². The normalized spacial score (nSPS) is 20.2. The van der Waals surface area contributed by atoms with Gasteiger partial charge in [-0.05, 0) is 48.8 Å². The second-order valence-electron chi connectivity index (χ2n) is 8.38. The van der Waals surface area contributed by atoms with Crippen LogP contribution in [0.15, 0.2) is 24.4 Å². The number of anilines is 2. The van der Waals surface area contributed by atoms with Gasteiger partial charge in [-0.3, -0.25) is 0 Å². The van der Waals surface area contributed by atoms with Gasteiger partial charge >= 0.3 is 0 Å². The minimum Gasteiger partial charge on any atom is -0.504 e. The molecule has 1 aliphatic rings. The number of nitrogens with one attached hydrogen (secondary N) is 2. The molecular weight excluding hydrogens is 382 g/mol. The van der Waals surface area contributed by atoms with Crippen molar-refractivity contribution in [3.63, 3.8) is 0 Å². The molecule has 4 N–H and O–H groups in total. The van der Waals surface area contributed by atoms with Crippen molar-refractivity contribution in [1.29, 1.82) is 5.26 Å². The van der Waals surface area contributed by atoms with Crippen LogP contribution in [0.4, 0.5) is 11.8 Å². The molecule has 8 heteroatoms. The van der Waals surface area contributed by atoms with Crippen LogP contribution in [0.5, 0.6) is 11.5 Å². The zero-order chi connectivity index (χ0) is 21.7. The highest BCUT2D eigenvalue weighted by Crippen LogP contribution is 2.37. The summed E-state index contributed by atoms with van der Waals surface area (Å²) in [5, 5.41) is 35.8. The van der Waals surface area contributed by atoms with E-state index in [9.17, 15) is 15.5 Å². The van der Waals surface area contributed by atoms with E-state index in [0.717, 1.165) is 24.8 Å². The highest BCUT2D eigenvalue weighted by molar-refractivity contribution is 5.54. The molecule has 0 radical (unpaired) electrons. The number of aromatic hydroxyl groups is 1. The highest BCUT2D eigenvalue weighted by atomic mass is 16.5. The van der Waals surface area contributed by atoms with Gasteiger partial charge in [-0.1, -0.05) is 19.9 Å². The molecule has 162 valence electrons. The van der Waals surface area contributed by atoms with Gasteiger partial charge in [0.1, 0.15) is 17.5 Å². The maximum absolute atomic E-state index is 10.2. The molecule has 1 aromatic carbocycles. The van der Waals surface area contributed by atoms with Gasteiger partial charge in [0.2, 0.25) is 5.95 Å². The Hall–Kier alpha value is -3.05. The number of hydrogen-bond acceptors (Lipinski definition) is 8. The van der Waals surface area contributed by atoms with Crippen LogP contribution in [0.25, 0.3) is 0 Å². The predicted octanol–water partition coefficient (Wildman–Crippen LogP) is 3.31. The van der Waals surface area contributed by atoms with Gasteiger partial charge in [0.05, 0.1) is 19.4 Å². The number of aliphatic hydroxyl groups excluding tert-OH is 1. The molecule has 1 aromatic heterocycles. The van der Waals surface area contributed by atoms with E-state index in [1.54, 1.807) is 12.1 Å². The number of aliphatic hydroxyl groups is 1. The molecule has 1 saturated carbocycles. The lowest BCUT2D eigenvalue weighted by Gasteiger charge is -2.40. The molecule has 1 fully saturated rings. The Balaban J connectivity index is 0.00000341. The van der Waals surface area contributed by atoms with Crippen LogP contribution in [0.3, 0.4) is 0 Å². The minimum absolute atomic E-state index is 0. The zero-order valence-electron chi connectivity index (χ0n) is 17.6. The standard InChI is InChI=1S/C22H29N5O3.H2/c1-22(2)11-16(5-7-19(22)29)26-20-15(12-23)13-25-21(27-20)24-9-8-14-4-6-17(28)18(10-14)30-3;/h4,6,10,13,16,19,28-29H,5,7-9,11H2,1-3H3,(H2,24,25,26,27);1H/t16-,19+;/m1./s1. The molecule has 8 nitrogen and oxygen atoms in total. The van der Waals surface area contributed by atoms with Crippen LogP contribution in [-0.2, 0) is 6.42 Å². The van der Waals surface area contributed by atoms with Crippen molar-refractivity contribution in [2.24, 2.45) is 5.41 Å². The number of nitrogens with zero attached hydrogens (tertiary/aromatic N) is 3. The smallest absolute Gasteiger partial charge is 0.224 e. The first kappa shape index (κ1) is 21.7. The van der Waals surface area contributed by atoms with Gasteiger partial charge in [0.15, 0.2) is 11.5 Å². The number of rotatable bonds is 7. The average Bonchev–Trinajstić information content (AvgIpc) is 2.72. The Bertz CT molecular complexity index is 932. The average molecular weight is 414 g/mol. The van der Waals surface area contributed by atoms with Crippen LogP contribution in [-0.4, -0.2) is 46.0 Å². The molecule has 0 aliphatic heterocycles. The Morgan fingerprint density at radius 2 is 2.17 bits per heavy atom. The van der Waals surface area contributed by atoms with E-state index in [1.807, 2.05) is 6.07 Å². The lowest BCUT2D eigenvalue weighted by Crippen LogP contribution is -2.41. The Morgan fingerprint density at radius 1 is 1.37 bits per heavy atom. The van der Waals surface area contributed by atoms with Crippen molar-refractivity contribution in [3.8, 4) is 17.6 Å². The summed E-state index contributed by atoms with van der Waals surface area (Å²) in [7, 11) is 1.52. The van der Waals surface area contributed by atoms with Crippen molar-refractivity contribution >= 4 is 11.8 Å². The molecule has 0 amide bonds. The van der Waals surface area contributed by atoms with Crippen LogP contribution in [0, 0.1) is 16.7 Å². The fraction of sp³-hybridized carbons (Fsp3) is 0.500. The maximum atomic E-state index is 10.2. The van der Waals surface area contributed by atoms with Gasteiger partial charge in [-0.25, -0.2) is 4.98 Å². The molecule has 1 aliphatic carbocycles. The third kappa shape index (κ3) is 5.10. The van der Waals surface area contributed by atoms with E-state index in [4.69, 9.17) is 4.74 Å². The second-order valence-corrected chi connectivity index (χ2v) is 8.38. The van der Waals surface area contributed by atoms with E-state index in [1.165, 1.54) is 13.3 Å². The molecule has 2 atom stereocenters. The van der Waals surface area contributed by atoms with E-state index < -0.39 is 0 Å². The largest absolute Gasteiger partial charge is 0.504 e. The van der Waals surface area contributed by atoms with Crippen LogP contribution >= 0.6 is 0 Å². The number of ether oxygens (including phenoxy) is 1. The monoisotopic (exact) mass is 413 g/mol. The van der Waals surface area contributed by atoms with E-state index in [0.29, 0.717) is 36.0 Å². The quantitative estimate of drug-likeness (QED) is 0.545. The summed E-state index contributed by atoms with van der Waals surface area (Å²) < 4.78 is 5.14. The van der Waals surface area contributed by atoms with Crippen molar-refractivity contribution in [3.05, 3.63) is 35.5 Å². The summed E-state index contributed by atoms with van der Waals surface area (Å²) >= 11 is 0. The van der Waals surface area contributed by atoms with Crippen molar-refractivity contribution in [2.45, 2.75) is 51.7 Å². The number of phenolic OH excluding ortho intramolecular Hbond substituents is 1. The fourth-order valence-electron chi connectivity index (χ4n) is 3.79. The third-order valence-electron chi connectivity index (χ3n) is 5.65. The Morgan fingerprint density at radius 3 is 2.87 bits per heavy atom. The van der Waals surface area contributed by atoms with Gasteiger partial charge < -0.3 is 25.6 Å². The second kappa shape index (κ2) is 9.18. The third-order valence-corrected chi connectivity index (χ3v) is 5.65. The van der Waals surface area contributed by atoms with E-state index in [2.05, 4.69) is 40.5 Å². The summed E-state index contributed by atoms with van der Waals surface area (Å²) in [6.45, 7) is 4.70. The molecule has 0 bridgehead atoms. The Kier molecular flexibility index (Phi) is 6.63. The first-order chi connectivity index (χ1) is 14.3. The molecular formula is C22H31N5O3. The fourth-order valence-corrected chi connectivity index (χ4v) is 3.79. The van der Waals surface area contributed by atoms with Crippen molar-refractivity contribution in [1.82, 2.24) is 9.97 Å². The number of nitriles is 1. The minimum atomic E-state index is -0.313. The molecule has 3 rings (SSSR count). The maximum Gasteiger partial charge on any atom is 0.224 e. The number of aromatic nitrogens is 2. The molecule has 30 heavy (non-hydrogen) atoms. The molecule has 1 heterocycles. The summed E-state index contributed by atoms with van der Waals surface area (Å²) in [6, 6.07) is 7.52. The summed E-state index contributed by atoms with van der Waals surface area (Å²) in [4.78, 5) is 8.73. The van der Waals surface area contributed by atoms with Crippen molar-refractivity contribution in [2.75, 3.05) is 24.3 Å². The first-order valence-electron chi connectivity index (χ1n) is 10.1. The molecule has 0 spiro atoms. The number of phenols is 1. The lowest BCUT2D eigenvalue weighted by atomic mass is 9.73. The lowest BCUT2D eigenvalue weighted by molar-refractivity contribution is 0.00926. The number of hydrogen-bond donors (Lipinski definition) is 4. The number of methoxy groups -OCH3 is 1. The zero-order valence-corrected chi connectivity index (χ0v) is 17.6. The van der Waals surface area contributed by atoms with Gasteiger partial charge in [0.25, 0.3) is 0 Å². The molecule has 0 saturated heterocycles. The summed E-state index contributed by atoms with van der Waals surface area (Å²) in [5.41, 5.74) is 1.22. The predicted molar refractivity (Wildman–Crippen MR) is 117 cm³/mol.